The Morgan fingerprint density at radius 3 is 2.31 bits per heavy atom. The van der Waals surface area contributed by atoms with Gasteiger partial charge in [-0.15, -0.1) is 0 Å². The fraction of sp³-hybridized carbons (Fsp3) is 0.0833. The van der Waals surface area contributed by atoms with E-state index in [2.05, 4.69) is 5.10 Å². The maximum Gasteiger partial charge on any atom is 0.281 e. The molecule has 1 aliphatic heterocycles. The summed E-state index contributed by atoms with van der Waals surface area (Å²) in [4.78, 5) is 23.9. The molecule has 0 bridgehead atoms. The zero-order valence-electron chi connectivity index (χ0n) is 17.4. The maximum absolute atomic E-state index is 13.4. The Balaban J connectivity index is 1.81. The summed E-state index contributed by atoms with van der Waals surface area (Å²) in [5.41, 5.74) is 2.69. The predicted octanol–water partition coefficient (Wildman–Crippen LogP) is 4.45. The Bertz CT molecular complexity index is 1230. The fourth-order valence-corrected chi connectivity index (χ4v) is 3.34. The Labute approximate surface area is 184 Å². The topological polar surface area (TPSA) is 94.3 Å². The highest BCUT2D eigenvalue weighted by Gasteiger charge is 2.32. The number of nitro benzene ring substituents is 1. The molecule has 0 unspecified atom stereocenters. The highest BCUT2D eigenvalue weighted by atomic mass is 16.6. The minimum absolute atomic E-state index is 0.0635. The van der Waals surface area contributed by atoms with Crippen molar-refractivity contribution in [1.82, 2.24) is 0 Å². The number of anilines is 1. The highest BCUT2D eigenvalue weighted by Crippen LogP contribution is 2.32. The SMILES string of the molecule is COc1ccc(C=C2C(=O)N(c3ccc([N+](=O)[O-])cc3)N=C2c2ccccc2)c(OC)c1. The van der Waals surface area contributed by atoms with Gasteiger partial charge in [0.05, 0.1) is 30.4 Å². The molecule has 0 N–H and O–H groups in total. The van der Waals surface area contributed by atoms with Crippen LogP contribution in [0, 0.1) is 10.1 Å². The molecule has 3 aromatic carbocycles. The molecule has 0 radical (unpaired) electrons. The number of carbonyl (C=O) groups is 1. The minimum Gasteiger partial charge on any atom is -0.497 e. The number of nitrogens with zero attached hydrogens (tertiary/aromatic N) is 3. The molecule has 8 nitrogen and oxygen atoms in total. The third-order valence-corrected chi connectivity index (χ3v) is 4.97. The second kappa shape index (κ2) is 8.73. The lowest BCUT2D eigenvalue weighted by Crippen LogP contribution is -2.21. The van der Waals surface area contributed by atoms with Crippen LogP contribution in [-0.2, 0) is 4.79 Å². The summed E-state index contributed by atoms with van der Waals surface area (Å²) in [6.45, 7) is 0. The number of hydrogen-bond acceptors (Lipinski definition) is 6. The summed E-state index contributed by atoms with van der Waals surface area (Å²) in [6, 6.07) is 20.3. The molecule has 1 heterocycles. The molecule has 0 saturated heterocycles. The second-order valence-corrected chi connectivity index (χ2v) is 6.87. The van der Waals surface area contributed by atoms with E-state index in [1.807, 2.05) is 30.3 Å². The largest absolute Gasteiger partial charge is 0.497 e. The van der Waals surface area contributed by atoms with Gasteiger partial charge in [-0.2, -0.15) is 10.1 Å². The van der Waals surface area contributed by atoms with Gasteiger partial charge in [-0.1, -0.05) is 30.3 Å². The number of hydrogen-bond donors (Lipinski definition) is 0. The molecule has 0 aromatic heterocycles. The van der Waals surface area contributed by atoms with Crippen LogP contribution < -0.4 is 14.5 Å². The van der Waals surface area contributed by atoms with Crippen molar-refractivity contribution in [1.29, 1.82) is 0 Å². The lowest BCUT2D eigenvalue weighted by Gasteiger charge is -2.11. The molecule has 160 valence electrons. The minimum atomic E-state index is -0.491. The third-order valence-electron chi connectivity index (χ3n) is 4.97. The molecule has 0 fully saturated rings. The number of nitro groups is 1. The summed E-state index contributed by atoms with van der Waals surface area (Å²) < 4.78 is 10.7. The summed E-state index contributed by atoms with van der Waals surface area (Å²) in [5, 5.41) is 16.8. The van der Waals surface area contributed by atoms with E-state index in [0.29, 0.717) is 34.0 Å². The van der Waals surface area contributed by atoms with Crippen molar-refractivity contribution >= 4 is 29.1 Å². The van der Waals surface area contributed by atoms with Crippen LogP contribution in [0.3, 0.4) is 0 Å². The second-order valence-electron chi connectivity index (χ2n) is 6.87. The van der Waals surface area contributed by atoms with E-state index in [-0.39, 0.29) is 11.6 Å². The first-order valence-corrected chi connectivity index (χ1v) is 9.69. The van der Waals surface area contributed by atoms with E-state index in [1.54, 1.807) is 38.5 Å². The highest BCUT2D eigenvalue weighted by molar-refractivity contribution is 6.37. The van der Waals surface area contributed by atoms with Gasteiger partial charge >= 0.3 is 0 Å². The molecule has 0 aliphatic carbocycles. The van der Waals surface area contributed by atoms with Crippen molar-refractivity contribution in [2.24, 2.45) is 5.10 Å². The number of ether oxygens (including phenoxy) is 2. The van der Waals surface area contributed by atoms with Crippen molar-refractivity contribution < 1.29 is 19.2 Å². The quantitative estimate of drug-likeness (QED) is 0.328. The lowest BCUT2D eigenvalue weighted by molar-refractivity contribution is -0.384. The van der Waals surface area contributed by atoms with Crippen molar-refractivity contribution in [3.8, 4) is 11.5 Å². The van der Waals surface area contributed by atoms with E-state index >= 15 is 0 Å². The monoisotopic (exact) mass is 429 g/mol. The molecule has 4 rings (SSSR count). The normalized spacial score (nSPS) is 14.4. The Morgan fingerprint density at radius 1 is 0.969 bits per heavy atom. The molecule has 8 heteroatoms. The van der Waals surface area contributed by atoms with Crippen LogP contribution >= 0.6 is 0 Å². The number of rotatable bonds is 6. The van der Waals surface area contributed by atoms with Gasteiger partial charge in [0, 0.05) is 29.3 Å². The van der Waals surface area contributed by atoms with Crippen LogP contribution in [-0.4, -0.2) is 30.8 Å². The van der Waals surface area contributed by atoms with E-state index < -0.39 is 4.92 Å². The van der Waals surface area contributed by atoms with Gasteiger partial charge < -0.3 is 9.47 Å². The Morgan fingerprint density at radius 2 is 1.69 bits per heavy atom. The van der Waals surface area contributed by atoms with Crippen LogP contribution in [0.4, 0.5) is 11.4 Å². The van der Waals surface area contributed by atoms with Crippen LogP contribution in [0.1, 0.15) is 11.1 Å². The zero-order valence-corrected chi connectivity index (χ0v) is 17.4. The van der Waals surface area contributed by atoms with E-state index in [4.69, 9.17) is 9.47 Å². The predicted molar refractivity (Wildman–Crippen MR) is 121 cm³/mol. The Hall–Kier alpha value is -4.46. The van der Waals surface area contributed by atoms with Crippen LogP contribution in [0.15, 0.2) is 83.5 Å². The van der Waals surface area contributed by atoms with E-state index in [9.17, 15) is 14.9 Å². The van der Waals surface area contributed by atoms with Crippen molar-refractivity contribution in [2.75, 3.05) is 19.2 Å². The summed E-state index contributed by atoms with van der Waals surface area (Å²) in [5.74, 6) is 0.827. The maximum atomic E-state index is 13.4. The molecule has 0 atom stereocenters. The van der Waals surface area contributed by atoms with Crippen LogP contribution in [0.5, 0.6) is 11.5 Å². The van der Waals surface area contributed by atoms with Gasteiger partial charge in [0.1, 0.15) is 17.2 Å². The van der Waals surface area contributed by atoms with Crippen molar-refractivity contribution in [3.63, 3.8) is 0 Å². The first-order valence-electron chi connectivity index (χ1n) is 9.69. The van der Waals surface area contributed by atoms with Gasteiger partial charge in [-0.05, 0) is 30.3 Å². The molecular formula is C24H19N3O5. The average molecular weight is 429 g/mol. The van der Waals surface area contributed by atoms with Crippen molar-refractivity contribution in [3.05, 3.63) is 99.6 Å². The smallest absolute Gasteiger partial charge is 0.281 e. The molecule has 1 aliphatic rings. The molecule has 0 spiro atoms. The van der Waals surface area contributed by atoms with Gasteiger partial charge in [0.25, 0.3) is 11.6 Å². The Kier molecular flexibility index (Phi) is 5.67. The van der Waals surface area contributed by atoms with Gasteiger partial charge in [-0.25, -0.2) is 0 Å². The van der Waals surface area contributed by atoms with Crippen LogP contribution in [0.2, 0.25) is 0 Å². The van der Waals surface area contributed by atoms with Gasteiger partial charge in [-0.3, -0.25) is 14.9 Å². The average Bonchev–Trinajstić information content (AvgIpc) is 3.15. The number of amides is 1. The summed E-state index contributed by atoms with van der Waals surface area (Å²) >= 11 is 0. The summed E-state index contributed by atoms with van der Waals surface area (Å²) in [7, 11) is 3.11. The van der Waals surface area contributed by atoms with Gasteiger partial charge in [0.2, 0.25) is 0 Å². The molecule has 1 amide bonds. The first kappa shape index (κ1) is 20.8. The lowest BCUT2D eigenvalue weighted by atomic mass is 10.00. The fourth-order valence-electron chi connectivity index (χ4n) is 3.34. The first-order chi connectivity index (χ1) is 15.5. The number of hydrazone groups is 1. The standard InChI is InChI=1S/C24H19N3O5/c1-31-20-13-8-17(22(15-20)32-2)14-21-23(16-6-4-3-5-7-16)25-26(24(21)28)18-9-11-19(12-10-18)27(29)30/h3-15H,1-2H3. The number of carbonyl (C=O) groups excluding carboxylic acids is 1. The van der Waals surface area contributed by atoms with E-state index in [0.717, 1.165) is 5.56 Å². The number of benzene rings is 3. The molecule has 32 heavy (non-hydrogen) atoms. The number of non-ortho nitro benzene ring substituents is 1. The number of methoxy groups -OCH3 is 2. The van der Waals surface area contributed by atoms with Crippen molar-refractivity contribution in [2.45, 2.75) is 0 Å². The summed E-state index contributed by atoms with van der Waals surface area (Å²) in [6.07, 6.45) is 1.72. The molecule has 3 aromatic rings. The van der Waals surface area contributed by atoms with Crippen LogP contribution in [0.25, 0.3) is 6.08 Å². The zero-order chi connectivity index (χ0) is 22.7. The van der Waals surface area contributed by atoms with Gasteiger partial charge in [0.15, 0.2) is 0 Å². The molecular weight excluding hydrogens is 410 g/mol. The third kappa shape index (κ3) is 3.93. The molecule has 0 saturated carbocycles. The van der Waals surface area contributed by atoms with E-state index in [1.165, 1.54) is 29.3 Å².